The van der Waals surface area contributed by atoms with Gasteiger partial charge in [0.2, 0.25) is 0 Å². The van der Waals surface area contributed by atoms with Crippen LogP contribution in [0.4, 0.5) is 0 Å². The number of aryl methyl sites for hydroxylation is 1. The lowest BCUT2D eigenvalue weighted by atomic mass is 9.84. The fourth-order valence-electron chi connectivity index (χ4n) is 3.83. The molecule has 0 radical (unpaired) electrons. The van der Waals surface area contributed by atoms with Crippen LogP contribution in [0.15, 0.2) is 78.9 Å². The molecule has 4 heteroatoms. The number of para-hydroxylation sites is 2. The smallest absolute Gasteiger partial charge is 0.194 e. The number of rotatable bonds is 0. The molecular weight excluding hydrogens is 372 g/mol. The van der Waals surface area contributed by atoms with Crippen molar-refractivity contribution in [2.75, 3.05) is 0 Å². The minimum Gasteiger partial charge on any atom is -0.289 e. The van der Waals surface area contributed by atoms with Gasteiger partial charge >= 0.3 is 0 Å². The number of hydrogen-bond donors (Lipinski definition) is 0. The van der Waals surface area contributed by atoms with E-state index >= 15 is 0 Å². The highest BCUT2D eigenvalue weighted by molar-refractivity contribution is 6.28. The monoisotopic (exact) mass is 390 g/mol. The van der Waals surface area contributed by atoms with E-state index in [4.69, 9.17) is 0 Å². The van der Waals surface area contributed by atoms with E-state index in [1.807, 2.05) is 24.3 Å². The third kappa shape index (κ3) is 3.12. The van der Waals surface area contributed by atoms with E-state index in [1.165, 1.54) is 0 Å². The van der Waals surface area contributed by atoms with Gasteiger partial charge in [0.25, 0.3) is 0 Å². The molecule has 0 N–H and O–H groups in total. The summed E-state index contributed by atoms with van der Waals surface area (Å²) in [5.41, 5.74) is 6.18. The number of allylic oxidation sites excluding steroid dienone is 1. The van der Waals surface area contributed by atoms with Crippen molar-refractivity contribution >= 4 is 28.7 Å². The molecular formula is C26H18N2O2. The zero-order valence-electron chi connectivity index (χ0n) is 16.2. The summed E-state index contributed by atoms with van der Waals surface area (Å²) in [5, 5.41) is 0. The zero-order valence-corrected chi connectivity index (χ0v) is 16.2. The molecule has 0 fully saturated rings. The topological polar surface area (TPSA) is 59.9 Å². The average molecular weight is 390 g/mol. The van der Waals surface area contributed by atoms with Crippen LogP contribution in [0.3, 0.4) is 0 Å². The van der Waals surface area contributed by atoms with Gasteiger partial charge in [0.05, 0.1) is 22.4 Å². The second kappa shape index (κ2) is 7.48. The summed E-state index contributed by atoms with van der Waals surface area (Å²) in [4.78, 5) is 33.4. The van der Waals surface area contributed by atoms with E-state index < -0.39 is 0 Å². The van der Waals surface area contributed by atoms with E-state index in [-0.39, 0.29) is 11.6 Å². The Morgan fingerprint density at radius 1 is 0.600 bits per heavy atom. The van der Waals surface area contributed by atoms with Crippen LogP contribution in [0.2, 0.25) is 0 Å². The van der Waals surface area contributed by atoms with Crippen molar-refractivity contribution < 1.29 is 9.59 Å². The largest absolute Gasteiger partial charge is 0.289 e. The molecule has 0 atom stereocenters. The maximum atomic E-state index is 12.1. The van der Waals surface area contributed by atoms with Gasteiger partial charge in [-0.3, -0.25) is 9.59 Å². The Balaban J connectivity index is 0.000000130. The zero-order chi connectivity index (χ0) is 20.5. The number of carbonyl (C=O) groups is 2. The summed E-state index contributed by atoms with van der Waals surface area (Å²) in [7, 11) is 0. The normalized spacial score (nSPS) is 13.7. The van der Waals surface area contributed by atoms with Gasteiger partial charge in [0, 0.05) is 22.3 Å². The Morgan fingerprint density at radius 3 is 1.60 bits per heavy atom. The molecule has 0 amide bonds. The van der Waals surface area contributed by atoms with Crippen LogP contribution in [-0.4, -0.2) is 21.5 Å². The van der Waals surface area contributed by atoms with Crippen molar-refractivity contribution in [2.24, 2.45) is 0 Å². The lowest BCUT2D eigenvalue weighted by molar-refractivity contribution is 0.0979. The molecule has 2 aliphatic rings. The molecule has 3 aromatic carbocycles. The van der Waals surface area contributed by atoms with Crippen molar-refractivity contribution in [1.29, 1.82) is 0 Å². The quantitative estimate of drug-likeness (QED) is 0.371. The first-order valence-corrected chi connectivity index (χ1v) is 9.92. The van der Waals surface area contributed by atoms with Gasteiger partial charge < -0.3 is 0 Å². The summed E-state index contributed by atoms with van der Waals surface area (Å²) >= 11 is 0. The number of ketones is 2. The van der Waals surface area contributed by atoms with Crippen molar-refractivity contribution in [3.8, 4) is 0 Å². The number of hydrogen-bond acceptors (Lipinski definition) is 4. The standard InChI is InChI=1S/C14H8O2.C12H10N2/c15-13-9-5-1-2-6-10(9)14(16)12-8-4-3-7-11(12)13;1-2-6-10-9(5-1)13-11-7-3-4-8-12(11)14-10/h1-8H;1-3,5-7H,4,8H2. The minimum absolute atomic E-state index is 0.0641. The molecule has 0 aliphatic heterocycles. The maximum Gasteiger partial charge on any atom is 0.194 e. The molecule has 4 nitrogen and oxygen atoms in total. The van der Waals surface area contributed by atoms with Crippen molar-refractivity contribution in [3.63, 3.8) is 0 Å². The number of nitrogens with zero attached hydrogens (tertiary/aromatic N) is 2. The Hall–Kier alpha value is -3.92. The first-order valence-electron chi connectivity index (χ1n) is 9.92. The SMILES string of the molecule is C1=Cc2nc3ccccc3nc2CC1.O=C1c2ccccc2C(=O)c2ccccc21. The summed E-state index contributed by atoms with van der Waals surface area (Å²) in [6, 6.07) is 21.9. The van der Waals surface area contributed by atoms with Gasteiger partial charge in [-0.2, -0.15) is 0 Å². The molecule has 0 saturated carbocycles. The minimum atomic E-state index is -0.0641. The first kappa shape index (κ1) is 18.1. The van der Waals surface area contributed by atoms with E-state index in [0.29, 0.717) is 22.3 Å². The average Bonchev–Trinajstić information content (AvgIpc) is 2.81. The van der Waals surface area contributed by atoms with Gasteiger partial charge in [-0.25, -0.2) is 9.97 Å². The van der Waals surface area contributed by atoms with Crippen molar-refractivity contribution in [3.05, 3.63) is 113 Å². The van der Waals surface area contributed by atoms with Crippen LogP contribution >= 0.6 is 0 Å². The van der Waals surface area contributed by atoms with Crippen LogP contribution in [0.1, 0.15) is 49.7 Å². The lowest BCUT2D eigenvalue weighted by Crippen LogP contribution is -2.20. The van der Waals surface area contributed by atoms with Crippen LogP contribution in [0.5, 0.6) is 0 Å². The number of fused-ring (bicyclic) bond motifs is 4. The molecule has 0 unspecified atom stereocenters. The molecule has 30 heavy (non-hydrogen) atoms. The van der Waals surface area contributed by atoms with E-state index in [9.17, 15) is 9.59 Å². The maximum absolute atomic E-state index is 12.1. The van der Waals surface area contributed by atoms with Crippen LogP contribution in [-0.2, 0) is 6.42 Å². The molecule has 0 saturated heterocycles. The molecule has 1 heterocycles. The van der Waals surface area contributed by atoms with Gasteiger partial charge in [-0.05, 0) is 31.1 Å². The van der Waals surface area contributed by atoms with Crippen LogP contribution < -0.4 is 0 Å². The van der Waals surface area contributed by atoms with E-state index in [1.54, 1.807) is 48.5 Å². The summed E-state index contributed by atoms with van der Waals surface area (Å²) in [6.07, 6.45) is 6.33. The molecule has 4 aromatic rings. The van der Waals surface area contributed by atoms with Gasteiger partial charge in [-0.15, -0.1) is 0 Å². The van der Waals surface area contributed by atoms with Crippen molar-refractivity contribution in [1.82, 2.24) is 9.97 Å². The highest BCUT2D eigenvalue weighted by Crippen LogP contribution is 2.26. The Kier molecular flexibility index (Phi) is 4.52. The summed E-state index contributed by atoms with van der Waals surface area (Å²) < 4.78 is 0. The molecule has 0 spiro atoms. The number of benzene rings is 3. The summed E-state index contributed by atoms with van der Waals surface area (Å²) in [6.45, 7) is 0. The molecule has 6 rings (SSSR count). The fourth-order valence-corrected chi connectivity index (χ4v) is 3.83. The lowest BCUT2D eigenvalue weighted by Gasteiger charge is -2.16. The Morgan fingerprint density at radius 2 is 1.07 bits per heavy atom. The second-order valence-corrected chi connectivity index (χ2v) is 7.23. The van der Waals surface area contributed by atoms with Crippen LogP contribution in [0, 0.1) is 0 Å². The van der Waals surface area contributed by atoms with Crippen LogP contribution in [0.25, 0.3) is 17.1 Å². The van der Waals surface area contributed by atoms with E-state index in [2.05, 4.69) is 22.1 Å². The highest BCUT2D eigenvalue weighted by atomic mass is 16.1. The Bertz CT molecular complexity index is 1230. The second-order valence-electron chi connectivity index (χ2n) is 7.23. The molecule has 2 aliphatic carbocycles. The van der Waals surface area contributed by atoms with Gasteiger partial charge in [0.15, 0.2) is 11.6 Å². The highest BCUT2D eigenvalue weighted by Gasteiger charge is 2.28. The third-order valence-electron chi connectivity index (χ3n) is 5.33. The van der Waals surface area contributed by atoms with Crippen molar-refractivity contribution in [2.45, 2.75) is 12.8 Å². The molecule has 0 bridgehead atoms. The predicted molar refractivity (Wildman–Crippen MR) is 117 cm³/mol. The molecule has 1 aromatic heterocycles. The number of aromatic nitrogens is 2. The molecule has 144 valence electrons. The Labute approximate surface area is 173 Å². The first-order chi connectivity index (χ1) is 14.7. The number of carbonyl (C=O) groups excluding carboxylic acids is 2. The third-order valence-corrected chi connectivity index (χ3v) is 5.33. The fraction of sp³-hybridized carbons (Fsp3) is 0.0769. The van der Waals surface area contributed by atoms with Gasteiger partial charge in [0.1, 0.15) is 0 Å². The van der Waals surface area contributed by atoms with E-state index in [0.717, 1.165) is 35.3 Å². The predicted octanol–water partition coefficient (Wildman–Crippen LogP) is 5.05. The summed E-state index contributed by atoms with van der Waals surface area (Å²) in [5.74, 6) is -0.128. The van der Waals surface area contributed by atoms with Gasteiger partial charge in [-0.1, -0.05) is 66.7 Å².